The van der Waals surface area contributed by atoms with Crippen LogP contribution in [0.15, 0.2) is 72.9 Å². The SMILES string of the molecule is CCC/C=C\C/C=C\CCCCCCCC(=O)O[C@H](COC(=O)CCC/C=C\C/C=C\C/C=C\C/C=C\CCCCCO)COP(=O)(O)O[C@H]1C(O)C(O)C(O)[C@@H](OP(=O)(O)O)C1O. The van der Waals surface area contributed by atoms with Gasteiger partial charge >= 0.3 is 27.6 Å². The molecule has 64 heavy (non-hydrogen) atoms. The number of phosphoric acid groups is 2. The van der Waals surface area contributed by atoms with Crippen LogP contribution in [0.4, 0.5) is 0 Å². The average molecular weight is 951 g/mol. The van der Waals surface area contributed by atoms with Crippen LogP contribution in [-0.2, 0) is 41.8 Å². The number of ether oxygens (including phenoxy) is 2. The van der Waals surface area contributed by atoms with Crippen LogP contribution < -0.4 is 0 Å². The number of aliphatic hydroxyl groups excluding tert-OH is 5. The van der Waals surface area contributed by atoms with E-state index in [-0.39, 0.29) is 19.4 Å². The number of hydrogen-bond donors (Lipinski definition) is 8. The molecule has 0 aromatic rings. The second kappa shape index (κ2) is 36.5. The first-order chi connectivity index (χ1) is 30.6. The number of rotatable bonds is 37. The molecule has 0 saturated heterocycles. The van der Waals surface area contributed by atoms with Gasteiger partial charge in [-0.25, -0.2) is 9.13 Å². The van der Waals surface area contributed by atoms with Gasteiger partial charge in [-0.2, -0.15) is 0 Å². The molecule has 0 bridgehead atoms. The zero-order chi connectivity index (χ0) is 47.5. The van der Waals surface area contributed by atoms with Crippen LogP contribution in [0.1, 0.15) is 135 Å². The zero-order valence-electron chi connectivity index (χ0n) is 37.4. The average Bonchev–Trinajstić information content (AvgIpc) is 3.25. The first-order valence-electron chi connectivity index (χ1n) is 22.6. The largest absolute Gasteiger partial charge is 0.472 e. The molecule has 8 N–H and O–H groups in total. The topological polar surface area (TPSA) is 276 Å². The van der Waals surface area contributed by atoms with Crippen molar-refractivity contribution in [3.8, 4) is 0 Å². The Morgan fingerprint density at radius 2 is 0.984 bits per heavy atom. The van der Waals surface area contributed by atoms with Gasteiger partial charge in [0, 0.05) is 19.4 Å². The summed E-state index contributed by atoms with van der Waals surface area (Å²) in [7, 11) is -10.7. The molecule has 1 aliphatic carbocycles. The summed E-state index contributed by atoms with van der Waals surface area (Å²) in [5.74, 6) is -1.31. The van der Waals surface area contributed by atoms with Crippen molar-refractivity contribution >= 4 is 27.6 Å². The van der Waals surface area contributed by atoms with Gasteiger partial charge in [0.1, 0.15) is 43.2 Å². The van der Waals surface area contributed by atoms with E-state index < -0.39 is 83.5 Å². The normalized spacial score (nSPS) is 22.5. The van der Waals surface area contributed by atoms with Gasteiger partial charge < -0.3 is 49.7 Å². The van der Waals surface area contributed by atoms with E-state index in [9.17, 15) is 44.0 Å². The molecule has 0 heterocycles. The van der Waals surface area contributed by atoms with Crippen molar-refractivity contribution in [2.75, 3.05) is 19.8 Å². The lowest BCUT2D eigenvalue weighted by molar-refractivity contribution is -0.216. The predicted molar refractivity (Wildman–Crippen MR) is 242 cm³/mol. The first kappa shape index (κ1) is 59.4. The number of esters is 2. The number of carbonyl (C=O) groups is 2. The van der Waals surface area contributed by atoms with Crippen molar-refractivity contribution in [1.82, 2.24) is 0 Å². The molecule has 17 nitrogen and oxygen atoms in total. The summed E-state index contributed by atoms with van der Waals surface area (Å²) >= 11 is 0. The van der Waals surface area contributed by atoms with Crippen LogP contribution in [0, 0.1) is 0 Å². The number of phosphoric ester groups is 2. The molecule has 8 atom stereocenters. The number of aliphatic hydroxyl groups is 5. The van der Waals surface area contributed by atoms with Gasteiger partial charge in [0.2, 0.25) is 0 Å². The fourth-order valence-corrected chi connectivity index (χ4v) is 7.81. The number of unbranched alkanes of at least 4 members (excludes halogenated alkanes) is 10. The highest BCUT2D eigenvalue weighted by atomic mass is 31.2. The second-order valence-corrected chi connectivity index (χ2v) is 18.1. The van der Waals surface area contributed by atoms with E-state index >= 15 is 0 Å². The molecule has 0 aromatic carbocycles. The maximum atomic E-state index is 13.0. The third kappa shape index (κ3) is 30.6. The van der Waals surface area contributed by atoms with Crippen molar-refractivity contribution in [2.45, 2.75) is 178 Å². The molecule has 0 aliphatic heterocycles. The van der Waals surface area contributed by atoms with Gasteiger partial charge in [0.05, 0.1) is 6.61 Å². The zero-order valence-corrected chi connectivity index (χ0v) is 39.2. The number of allylic oxidation sites excluding steroid dienone is 12. The molecular formula is C45H76O17P2. The van der Waals surface area contributed by atoms with Crippen molar-refractivity contribution in [3.05, 3.63) is 72.9 Å². The third-order valence-electron chi connectivity index (χ3n) is 9.79. The van der Waals surface area contributed by atoms with Crippen molar-refractivity contribution in [3.63, 3.8) is 0 Å². The van der Waals surface area contributed by atoms with E-state index in [4.69, 9.17) is 33.4 Å². The van der Waals surface area contributed by atoms with Crippen molar-refractivity contribution < 1.29 is 82.0 Å². The van der Waals surface area contributed by atoms with Crippen LogP contribution in [0.2, 0.25) is 0 Å². The minimum Gasteiger partial charge on any atom is -0.462 e. The first-order valence-corrected chi connectivity index (χ1v) is 25.6. The number of hydrogen-bond acceptors (Lipinski definition) is 14. The quantitative estimate of drug-likeness (QED) is 0.0134. The summed E-state index contributed by atoms with van der Waals surface area (Å²) in [6, 6.07) is 0. The van der Waals surface area contributed by atoms with E-state index in [0.29, 0.717) is 19.3 Å². The lowest BCUT2D eigenvalue weighted by atomic mass is 9.85. The highest BCUT2D eigenvalue weighted by Crippen LogP contribution is 2.49. The fraction of sp³-hybridized carbons (Fsp3) is 0.689. The van der Waals surface area contributed by atoms with Crippen LogP contribution in [0.25, 0.3) is 0 Å². The fourth-order valence-electron chi connectivity index (χ4n) is 6.27. The molecule has 0 radical (unpaired) electrons. The van der Waals surface area contributed by atoms with E-state index in [1.807, 2.05) is 18.2 Å². The molecule has 1 rings (SSSR count). The van der Waals surface area contributed by atoms with Crippen molar-refractivity contribution in [1.29, 1.82) is 0 Å². The Bertz CT molecular complexity index is 1520. The van der Waals surface area contributed by atoms with E-state index in [1.54, 1.807) is 0 Å². The summed E-state index contributed by atoms with van der Waals surface area (Å²) in [4.78, 5) is 54.1. The van der Waals surface area contributed by atoms with Gasteiger partial charge in [-0.1, -0.05) is 112 Å². The Balaban J connectivity index is 2.65. The monoisotopic (exact) mass is 950 g/mol. The van der Waals surface area contributed by atoms with Crippen LogP contribution >= 0.6 is 15.6 Å². The van der Waals surface area contributed by atoms with E-state index in [0.717, 1.165) is 96.3 Å². The molecule has 1 saturated carbocycles. The van der Waals surface area contributed by atoms with E-state index in [2.05, 4.69) is 66.1 Å². The molecular weight excluding hydrogens is 874 g/mol. The third-order valence-corrected chi connectivity index (χ3v) is 11.3. The molecule has 0 aromatic heterocycles. The maximum absolute atomic E-state index is 13.0. The van der Waals surface area contributed by atoms with Crippen LogP contribution in [-0.4, -0.2) is 115 Å². The van der Waals surface area contributed by atoms with E-state index in [1.165, 1.54) is 0 Å². The van der Waals surface area contributed by atoms with Gasteiger partial charge in [0.15, 0.2) is 6.10 Å². The Hall–Kier alpha value is -2.60. The lowest BCUT2D eigenvalue weighted by Gasteiger charge is -2.43. The Morgan fingerprint density at radius 3 is 1.52 bits per heavy atom. The lowest BCUT2D eigenvalue weighted by Crippen LogP contribution is -2.64. The Morgan fingerprint density at radius 1 is 0.531 bits per heavy atom. The summed E-state index contributed by atoms with van der Waals surface area (Å²) in [6.07, 6.45) is 26.0. The maximum Gasteiger partial charge on any atom is 0.472 e. The van der Waals surface area contributed by atoms with Gasteiger partial charge in [-0.15, -0.1) is 0 Å². The molecule has 368 valence electrons. The summed E-state index contributed by atoms with van der Waals surface area (Å²) in [5, 5.41) is 50.0. The Kier molecular flexibility index (Phi) is 33.9. The number of carbonyl (C=O) groups excluding carboxylic acids is 2. The highest BCUT2D eigenvalue weighted by Gasteiger charge is 2.54. The van der Waals surface area contributed by atoms with Gasteiger partial charge in [-0.3, -0.25) is 23.2 Å². The summed E-state index contributed by atoms with van der Waals surface area (Å²) in [5.41, 5.74) is 0. The minimum absolute atomic E-state index is 0.00691. The molecule has 5 unspecified atom stereocenters. The molecule has 1 fully saturated rings. The van der Waals surface area contributed by atoms with Crippen LogP contribution in [0.3, 0.4) is 0 Å². The molecule has 0 amide bonds. The van der Waals surface area contributed by atoms with Crippen LogP contribution in [0.5, 0.6) is 0 Å². The van der Waals surface area contributed by atoms with Gasteiger partial charge in [0.25, 0.3) is 0 Å². The Labute approximate surface area is 379 Å². The highest BCUT2D eigenvalue weighted by molar-refractivity contribution is 7.47. The minimum atomic E-state index is -5.37. The standard InChI is InChI=1S/C45H76O17P2/c1-2-3-4-5-6-7-8-14-18-21-24-27-30-33-39(48)60-37(36-59-64(56,57)62-45-42(51)40(49)41(50)44(43(45)52)61-63(53,54)55)35-58-38(47)32-29-26-23-20-17-15-12-10-9-11-13-16-19-22-25-28-31-34-46/h4-5,7-9,11-12,15-16,19-20,23,37,40-46,49-52H,2-3,6,10,13-14,17-18,21-22,24-36H2,1H3,(H,56,57)(H2,53,54,55)/b5-4-,8-7-,11-9-,15-12-,19-16-,23-20-/t37-,40?,41?,42?,43?,44-,45+/m1/s1. The smallest absolute Gasteiger partial charge is 0.462 e. The molecule has 19 heteroatoms. The van der Waals surface area contributed by atoms with Crippen molar-refractivity contribution in [2.24, 2.45) is 0 Å². The molecule has 0 spiro atoms. The van der Waals surface area contributed by atoms with Gasteiger partial charge in [-0.05, 0) is 83.5 Å². The molecule has 1 aliphatic rings. The second-order valence-electron chi connectivity index (χ2n) is 15.5. The summed E-state index contributed by atoms with van der Waals surface area (Å²) < 4.78 is 49.2. The summed E-state index contributed by atoms with van der Waals surface area (Å²) in [6.45, 7) is 0.966. The predicted octanol–water partition coefficient (Wildman–Crippen LogP) is 7.03.